The lowest BCUT2D eigenvalue weighted by Gasteiger charge is -2.19. The molecule has 1 aromatic heterocycles. The van der Waals surface area contributed by atoms with Gasteiger partial charge in [0.1, 0.15) is 35.5 Å². The first-order valence-electron chi connectivity index (χ1n) is 6.73. The minimum atomic E-state index is -0.667. The van der Waals surface area contributed by atoms with Gasteiger partial charge in [-0.3, -0.25) is 0 Å². The van der Waals surface area contributed by atoms with Crippen LogP contribution in [0.2, 0.25) is 0 Å². The Kier molecular flexibility index (Phi) is 4.63. The van der Waals surface area contributed by atoms with Crippen LogP contribution in [0, 0.1) is 11.6 Å². The second-order valence-corrected chi connectivity index (χ2v) is 5.87. The number of nitrogens with one attached hydrogen (secondary N) is 1. The SMILES string of the molecule is CC(C)(C)NCc1ccc(COc2cc(F)cc(F)c2)o1. The lowest BCUT2D eigenvalue weighted by Crippen LogP contribution is -2.34. The Balaban J connectivity index is 1.90. The van der Waals surface area contributed by atoms with E-state index >= 15 is 0 Å². The van der Waals surface area contributed by atoms with Crippen molar-refractivity contribution in [2.75, 3.05) is 0 Å². The summed E-state index contributed by atoms with van der Waals surface area (Å²) < 4.78 is 36.9. The standard InChI is InChI=1S/C16H19F2NO2/c1-16(2,3)19-9-13-4-5-14(21-13)10-20-15-7-11(17)6-12(18)8-15/h4-8,19H,9-10H2,1-3H3. The van der Waals surface area contributed by atoms with E-state index < -0.39 is 11.6 Å². The maximum atomic E-state index is 13.0. The van der Waals surface area contributed by atoms with Gasteiger partial charge in [0.2, 0.25) is 0 Å². The van der Waals surface area contributed by atoms with Crippen molar-refractivity contribution >= 4 is 0 Å². The van der Waals surface area contributed by atoms with E-state index in [0.29, 0.717) is 12.3 Å². The smallest absolute Gasteiger partial charge is 0.146 e. The van der Waals surface area contributed by atoms with Crippen molar-refractivity contribution in [1.29, 1.82) is 0 Å². The summed E-state index contributed by atoms with van der Waals surface area (Å²) in [5.74, 6) is 0.191. The molecule has 0 aliphatic carbocycles. The maximum Gasteiger partial charge on any atom is 0.146 e. The molecule has 0 spiro atoms. The van der Waals surface area contributed by atoms with Crippen molar-refractivity contribution in [3.8, 4) is 5.75 Å². The average molecular weight is 295 g/mol. The van der Waals surface area contributed by atoms with Crippen molar-refractivity contribution in [2.24, 2.45) is 0 Å². The molecule has 0 unspecified atom stereocenters. The van der Waals surface area contributed by atoms with Gasteiger partial charge >= 0.3 is 0 Å². The highest BCUT2D eigenvalue weighted by molar-refractivity contribution is 5.24. The van der Waals surface area contributed by atoms with Gasteiger partial charge in [0, 0.05) is 23.7 Å². The van der Waals surface area contributed by atoms with E-state index in [4.69, 9.17) is 9.15 Å². The molecule has 0 aliphatic heterocycles. The van der Waals surface area contributed by atoms with E-state index in [1.54, 1.807) is 6.07 Å². The molecule has 0 amide bonds. The Morgan fingerprint density at radius 2 is 1.67 bits per heavy atom. The second-order valence-electron chi connectivity index (χ2n) is 5.87. The molecule has 0 radical (unpaired) electrons. The Bertz CT molecular complexity index is 582. The zero-order chi connectivity index (χ0) is 15.5. The fourth-order valence-electron chi connectivity index (χ4n) is 1.71. The summed E-state index contributed by atoms with van der Waals surface area (Å²) >= 11 is 0. The van der Waals surface area contributed by atoms with Crippen molar-refractivity contribution in [3.05, 3.63) is 53.5 Å². The summed E-state index contributed by atoms with van der Waals surface area (Å²) in [6.07, 6.45) is 0. The summed E-state index contributed by atoms with van der Waals surface area (Å²) in [5, 5.41) is 3.31. The molecule has 1 N–H and O–H groups in total. The summed E-state index contributed by atoms with van der Waals surface area (Å²) in [6.45, 7) is 6.94. The van der Waals surface area contributed by atoms with E-state index in [0.717, 1.165) is 24.0 Å². The third kappa shape index (κ3) is 5.19. The zero-order valence-corrected chi connectivity index (χ0v) is 12.4. The molecule has 2 aromatic rings. The first kappa shape index (κ1) is 15.5. The van der Waals surface area contributed by atoms with Gasteiger partial charge in [-0.2, -0.15) is 0 Å². The molecular formula is C16H19F2NO2. The van der Waals surface area contributed by atoms with E-state index in [9.17, 15) is 8.78 Å². The van der Waals surface area contributed by atoms with Gasteiger partial charge in [0.15, 0.2) is 0 Å². The first-order valence-corrected chi connectivity index (χ1v) is 6.73. The van der Waals surface area contributed by atoms with Crippen molar-refractivity contribution < 1.29 is 17.9 Å². The highest BCUT2D eigenvalue weighted by Gasteiger charge is 2.10. The van der Waals surface area contributed by atoms with Crippen LogP contribution in [0.5, 0.6) is 5.75 Å². The molecule has 0 atom stereocenters. The van der Waals surface area contributed by atoms with Crippen LogP contribution in [-0.4, -0.2) is 5.54 Å². The van der Waals surface area contributed by atoms with Crippen LogP contribution < -0.4 is 10.1 Å². The Hall–Kier alpha value is -1.88. The van der Waals surface area contributed by atoms with Gasteiger partial charge in [-0.15, -0.1) is 0 Å². The van der Waals surface area contributed by atoms with Gasteiger partial charge in [0.25, 0.3) is 0 Å². The molecule has 21 heavy (non-hydrogen) atoms. The molecule has 114 valence electrons. The Morgan fingerprint density at radius 3 is 2.29 bits per heavy atom. The molecule has 5 heteroatoms. The molecule has 0 fully saturated rings. The second kappa shape index (κ2) is 6.26. The van der Waals surface area contributed by atoms with E-state index in [1.165, 1.54) is 0 Å². The summed E-state index contributed by atoms with van der Waals surface area (Å²) in [5.41, 5.74) is 0.00253. The Morgan fingerprint density at radius 1 is 1.05 bits per heavy atom. The molecule has 3 nitrogen and oxygen atoms in total. The van der Waals surface area contributed by atoms with Crippen molar-refractivity contribution in [1.82, 2.24) is 5.32 Å². The quantitative estimate of drug-likeness (QED) is 0.904. The van der Waals surface area contributed by atoms with Crippen LogP contribution in [0.4, 0.5) is 8.78 Å². The number of hydrogen-bond donors (Lipinski definition) is 1. The fourth-order valence-corrected chi connectivity index (χ4v) is 1.71. The number of hydrogen-bond acceptors (Lipinski definition) is 3. The van der Waals surface area contributed by atoms with E-state index in [1.807, 2.05) is 6.07 Å². The fraction of sp³-hybridized carbons (Fsp3) is 0.375. The van der Waals surface area contributed by atoms with Gasteiger partial charge in [-0.1, -0.05) is 0 Å². The third-order valence-corrected chi connectivity index (χ3v) is 2.73. The van der Waals surface area contributed by atoms with Crippen LogP contribution in [0.15, 0.2) is 34.7 Å². The predicted molar refractivity (Wildman–Crippen MR) is 76.0 cm³/mol. The van der Waals surface area contributed by atoms with Crippen LogP contribution in [0.1, 0.15) is 32.3 Å². The molecule has 2 rings (SSSR count). The highest BCUT2D eigenvalue weighted by atomic mass is 19.1. The van der Waals surface area contributed by atoms with Crippen LogP contribution in [0.25, 0.3) is 0 Å². The monoisotopic (exact) mass is 295 g/mol. The zero-order valence-electron chi connectivity index (χ0n) is 12.4. The summed E-state index contributed by atoms with van der Waals surface area (Å²) in [4.78, 5) is 0. The lowest BCUT2D eigenvalue weighted by molar-refractivity contribution is 0.261. The molecule has 1 heterocycles. The van der Waals surface area contributed by atoms with Gasteiger partial charge in [-0.25, -0.2) is 8.78 Å². The average Bonchev–Trinajstić information content (AvgIpc) is 2.80. The lowest BCUT2D eigenvalue weighted by atomic mass is 10.1. The van der Waals surface area contributed by atoms with E-state index in [2.05, 4.69) is 26.1 Å². The predicted octanol–water partition coefficient (Wildman–Crippen LogP) is 4.02. The summed E-state index contributed by atoms with van der Waals surface area (Å²) in [6, 6.07) is 6.71. The largest absolute Gasteiger partial charge is 0.485 e. The summed E-state index contributed by atoms with van der Waals surface area (Å²) in [7, 11) is 0. The minimum absolute atomic E-state index is 0.00253. The maximum absolute atomic E-state index is 13.0. The minimum Gasteiger partial charge on any atom is -0.485 e. The molecule has 0 saturated carbocycles. The van der Waals surface area contributed by atoms with Crippen LogP contribution in [-0.2, 0) is 13.2 Å². The molecule has 0 bridgehead atoms. The molecule has 0 aliphatic rings. The van der Waals surface area contributed by atoms with Crippen LogP contribution >= 0.6 is 0 Å². The van der Waals surface area contributed by atoms with Crippen molar-refractivity contribution in [2.45, 2.75) is 39.5 Å². The first-order chi connectivity index (χ1) is 9.82. The number of rotatable bonds is 5. The number of ether oxygens (including phenoxy) is 1. The highest BCUT2D eigenvalue weighted by Crippen LogP contribution is 2.18. The molecular weight excluding hydrogens is 276 g/mol. The Labute approximate surface area is 122 Å². The van der Waals surface area contributed by atoms with Gasteiger partial charge in [-0.05, 0) is 32.9 Å². The number of benzene rings is 1. The number of furan rings is 1. The van der Waals surface area contributed by atoms with Gasteiger partial charge < -0.3 is 14.5 Å². The van der Waals surface area contributed by atoms with Crippen molar-refractivity contribution in [3.63, 3.8) is 0 Å². The number of halogens is 2. The third-order valence-electron chi connectivity index (χ3n) is 2.73. The van der Waals surface area contributed by atoms with E-state index in [-0.39, 0.29) is 17.9 Å². The topological polar surface area (TPSA) is 34.4 Å². The van der Waals surface area contributed by atoms with Gasteiger partial charge in [0.05, 0.1) is 6.54 Å². The normalized spacial score (nSPS) is 11.7. The van der Waals surface area contributed by atoms with Crippen LogP contribution in [0.3, 0.4) is 0 Å². The molecule has 1 aromatic carbocycles. The molecule has 0 saturated heterocycles.